The molecular weight excluding hydrogens is 895 g/mol. The third-order valence-corrected chi connectivity index (χ3v) is 16.3. The summed E-state index contributed by atoms with van der Waals surface area (Å²) in [4.78, 5) is 5.19. The molecule has 0 radical (unpaired) electrons. The molecule has 6 atom stereocenters. The van der Waals surface area contributed by atoms with Gasteiger partial charge >= 0.3 is 0 Å². The molecule has 0 aromatic heterocycles. The average Bonchev–Trinajstić information content (AvgIpc) is 3.51. The van der Waals surface area contributed by atoms with E-state index in [-0.39, 0.29) is 30.1 Å². The Kier molecular flexibility index (Phi) is 12.1. The van der Waals surface area contributed by atoms with Gasteiger partial charge in [-0.3, -0.25) is 0 Å². The molecule has 3 heterocycles. The summed E-state index contributed by atoms with van der Waals surface area (Å²) in [6, 6.07) is 62.9. The normalized spacial score (nSPS) is 22.7. The summed E-state index contributed by atoms with van der Waals surface area (Å²) < 4.78 is 0. The molecule has 74 heavy (non-hydrogen) atoms. The Balaban J connectivity index is 0.801. The summed E-state index contributed by atoms with van der Waals surface area (Å²) in [5.41, 5.74) is 26.2. The lowest BCUT2D eigenvalue weighted by atomic mass is 9.76. The second-order valence-corrected chi connectivity index (χ2v) is 20.5. The number of allylic oxidation sites excluding steroid dienone is 10. The van der Waals surface area contributed by atoms with E-state index in [1.807, 2.05) is 6.08 Å². The van der Waals surface area contributed by atoms with Crippen molar-refractivity contribution in [3.8, 4) is 11.1 Å². The topological polar surface area (TPSA) is 18.5 Å². The smallest absolute Gasteiger partial charge is 0.123 e. The minimum absolute atomic E-state index is 0.00191. The maximum atomic E-state index is 4.20. The molecule has 6 aliphatic rings. The van der Waals surface area contributed by atoms with Crippen LogP contribution in [0.1, 0.15) is 77.6 Å². The highest BCUT2D eigenvalue weighted by Crippen LogP contribution is 2.51. The number of anilines is 2. The predicted octanol–water partition coefficient (Wildman–Crippen LogP) is 17.7. The molecule has 0 fully saturated rings. The van der Waals surface area contributed by atoms with Crippen LogP contribution in [0.3, 0.4) is 0 Å². The van der Waals surface area contributed by atoms with Crippen molar-refractivity contribution in [2.24, 2.45) is 17.8 Å². The second-order valence-electron chi connectivity index (χ2n) is 20.5. The Morgan fingerprint density at radius 2 is 1.26 bits per heavy atom. The largest absolute Gasteiger partial charge is 0.361 e. The molecule has 0 saturated carbocycles. The number of hydrogen-bond donors (Lipinski definition) is 1. The van der Waals surface area contributed by atoms with Gasteiger partial charge in [0.25, 0.3) is 0 Å². The molecule has 0 saturated heterocycles. The molecule has 358 valence electrons. The fourth-order valence-electron chi connectivity index (χ4n) is 12.5. The van der Waals surface area contributed by atoms with E-state index in [0.717, 1.165) is 54.6 Å². The van der Waals surface area contributed by atoms with Gasteiger partial charge in [0.05, 0.1) is 23.5 Å². The van der Waals surface area contributed by atoms with Gasteiger partial charge in [-0.15, -0.1) is 0 Å². The molecule has 6 unspecified atom stereocenters. The standard InChI is InChI=1S/C71H59N3/c1-2-49-19-15-16-28-62(49)67-45-43-63(52-20-7-3-8-21-52)69(54-24-11-5-12-25-54)73(67)61-41-39-51(40-42-61)58-36-38-59-47-57(35-37-60(59)48-58)50-31-33-56(34-32-50)71-72-66-30-18-17-29-65(66)68-46-44-64(53-22-9-4-10-23-53)70(74(68)71)55-26-13-6-14-27-55/h2-7,9-20,22,24-31,33,35-44,47-48,53,63-64,69-72H,1,8,21,23,32,34H2. The third-order valence-electron chi connectivity index (χ3n) is 16.3. The highest BCUT2D eigenvalue weighted by molar-refractivity contribution is 5.91. The minimum Gasteiger partial charge on any atom is -0.361 e. The average molecular weight is 954 g/mol. The summed E-state index contributed by atoms with van der Waals surface area (Å²) in [6.07, 6.45) is 32.5. The molecule has 3 heteroatoms. The number of fused-ring (bicyclic) bond motifs is 4. The van der Waals surface area contributed by atoms with Crippen LogP contribution < -0.4 is 10.2 Å². The summed E-state index contributed by atoms with van der Waals surface area (Å²) in [6.45, 7) is 4.20. The van der Waals surface area contributed by atoms with Gasteiger partial charge in [-0.1, -0.05) is 224 Å². The number of nitrogens with one attached hydrogen (secondary N) is 1. The number of benzene rings is 7. The molecular formula is C71H59N3. The first-order valence-electron chi connectivity index (χ1n) is 26.6. The van der Waals surface area contributed by atoms with E-state index in [4.69, 9.17) is 0 Å². The predicted molar refractivity (Wildman–Crippen MR) is 311 cm³/mol. The first-order valence-corrected chi connectivity index (χ1v) is 26.6. The van der Waals surface area contributed by atoms with Crippen LogP contribution >= 0.6 is 0 Å². The van der Waals surface area contributed by atoms with Gasteiger partial charge in [0.2, 0.25) is 0 Å². The van der Waals surface area contributed by atoms with Crippen molar-refractivity contribution in [3.63, 3.8) is 0 Å². The molecule has 0 spiro atoms. The van der Waals surface area contributed by atoms with Crippen LogP contribution in [0.25, 0.3) is 44.9 Å². The number of para-hydroxylation sites is 1. The molecule has 3 nitrogen and oxygen atoms in total. The Labute approximate surface area is 436 Å². The van der Waals surface area contributed by atoms with Crippen LogP contribution in [0.4, 0.5) is 11.4 Å². The van der Waals surface area contributed by atoms with E-state index >= 15 is 0 Å². The number of nitrogens with zero attached hydrogens (tertiary/aromatic N) is 2. The Bertz CT molecular complexity index is 3640. The summed E-state index contributed by atoms with van der Waals surface area (Å²) in [7, 11) is 0. The van der Waals surface area contributed by atoms with Gasteiger partial charge in [-0.25, -0.2) is 0 Å². The summed E-state index contributed by atoms with van der Waals surface area (Å²) >= 11 is 0. The highest BCUT2D eigenvalue weighted by atomic mass is 15.3. The second kappa shape index (κ2) is 19.8. The lowest BCUT2D eigenvalue weighted by Crippen LogP contribution is -2.49. The number of rotatable bonds is 10. The highest BCUT2D eigenvalue weighted by Gasteiger charge is 2.43. The van der Waals surface area contributed by atoms with Crippen molar-refractivity contribution in [3.05, 3.63) is 299 Å². The van der Waals surface area contributed by atoms with Gasteiger partial charge < -0.3 is 15.1 Å². The fraction of sp³-hybridized carbons (Fsp3) is 0.155. The van der Waals surface area contributed by atoms with Crippen LogP contribution in [0, 0.1) is 17.8 Å². The van der Waals surface area contributed by atoms with E-state index < -0.39 is 0 Å². The van der Waals surface area contributed by atoms with E-state index in [9.17, 15) is 0 Å². The van der Waals surface area contributed by atoms with Gasteiger partial charge in [0.1, 0.15) is 6.17 Å². The Morgan fingerprint density at radius 1 is 0.554 bits per heavy atom. The van der Waals surface area contributed by atoms with Crippen LogP contribution in [0.2, 0.25) is 0 Å². The molecule has 0 bridgehead atoms. The van der Waals surface area contributed by atoms with Crippen molar-refractivity contribution in [2.45, 2.75) is 50.4 Å². The molecule has 13 rings (SSSR count). The molecule has 3 aliphatic carbocycles. The van der Waals surface area contributed by atoms with Gasteiger partial charge in [0, 0.05) is 34.3 Å². The maximum Gasteiger partial charge on any atom is 0.123 e. The zero-order valence-corrected chi connectivity index (χ0v) is 41.7. The Hall–Kier alpha value is -8.58. The van der Waals surface area contributed by atoms with E-state index in [2.05, 4.69) is 270 Å². The van der Waals surface area contributed by atoms with Crippen molar-refractivity contribution in [2.75, 3.05) is 10.2 Å². The summed E-state index contributed by atoms with van der Waals surface area (Å²) in [5, 5.41) is 6.54. The minimum atomic E-state index is 0.00191. The van der Waals surface area contributed by atoms with E-state index in [1.165, 1.54) is 72.3 Å². The zero-order chi connectivity index (χ0) is 49.4. The van der Waals surface area contributed by atoms with Gasteiger partial charge in [-0.05, 0) is 136 Å². The lowest BCUT2D eigenvalue weighted by Gasteiger charge is -2.50. The molecule has 0 amide bonds. The SMILES string of the molecule is C=Cc1ccccc1C1=C=CC(C2=CC=CCC2)C(c2ccccc2)N1c1ccc(-c2ccc3cc(C4=CC=C(C5Nc6ccccc6C6=C=CC(C7C=CC=CC7)C(c7ccccc7)N65)CC4)ccc3c2)cc1. The van der Waals surface area contributed by atoms with Crippen molar-refractivity contribution < 1.29 is 0 Å². The fourth-order valence-corrected chi connectivity index (χ4v) is 12.5. The summed E-state index contributed by atoms with van der Waals surface area (Å²) in [5.74, 6) is 0.849. The first kappa shape index (κ1) is 45.3. The molecule has 7 aromatic rings. The van der Waals surface area contributed by atoms with Crippen molar-refractivity contribution in [1.29, 1.82) is 0 Å². The molecule has 1 N–H and O–H groups in total. The van der Waals surface area contributed by atoms with Crippen LogP contribution in [0.15, 0.2) is 266 Å². The van der Waals surface area contributed by atoms with Crippen LogP contribution in [0.5, 0.6) is 0 Å². The van der Waals surface area contributed by atoms with Crippen molar-refractivity contribution >= 4 is 45.2 Å². The molecule has 3 aliphatic heterocycles. The monoisotopic (exact) mass is 953 g/mol. The van der Waals surface area contributed by atoms with Gasteiger partial charge in [0.15, 0.2) is 0 Å². The number of hydrogen-bond acceptors (Lipinski definition) is 3. The maximum absolute atomic E-state index is 4.20. The van der Waals surface area contributed by atoms with E-state index in [1.54, 1.807) is 0 Å². The third kappa shape index (κ3) is 8.41. The van der Waals surface area contributed by atoms with Gasteiger partial charge in [-0.2, -0.15) is 0 Å². The van der Waals surface area contributed by atoms with Crippen LogP contribution in [-0.4, -0.2) is 11.1 Å². The van der Waals surface area contributed by atoms with Crippen molar-refractivity contribution in [1.82, 2.24) is 4.90 Å². The zero-order valence-electron chi connectivity index (χ0n) is 41.7. The first-order chi connectivity index (χ1) is 36.7. The van der Waals surface area contributed by atoms with Crippen LogP contribution in [-0.2, 0) is 0 Å². The Morgan fingerprint density at radius 3 is 1.99 bits per heavy atom. The molecule has 7 aromatic carbocycles. The quantitative estimate of drug-likeness (QED) is 0.138. The van der Waals surface area contributed by atoms with E-state index in [0.29, 0.717) is 5.92 Å². The lowest BCUT2D eigenvalue weighted by molar-refractivity contribution is 0.178.